The van der Waals surface area contributed by atoms with Gasteiger partial charge in [-0.05, 0) is 48.1 Å². The van der Waals surface area contributed by atoms with Crippen LogP contribution >= 0.6 is 0 Å². The van der Waals surface area contributed by atoms with E-state index >= 15 is 0 Å². The third-order valence-electron chi connectivity index (χ3n) is 6.26. The summed E-state index contributed by atoms with van der Waals surface area (Å²) in [5, 5.41) is 4.08. The third-order valence-corrected chi connectivity index (χ3v) is 6.26. The van der Waals surface area contributed by atoms with Gasteiger partial charge in [-0.25, -0.2) is 4.98 Å². The Morgan fingerprint density at radius 1 is 1.00 bits per heavy atom. The van der Waals surface area contributed by atoms with Gasteiger partial charge in [0.1, 0.15) is 5.82 Å². The first-order chi connectivity index (χ1) is 15.4. The molecule has 0 unspecified atom stereocenters. The molecule has 1 saturated carbocycles. The molecular weight excluding hydrogens is 402 g/mol. The van der Waals surface area contributed by atoms with Gasteiger partial charge in [0.15, 0.2) is 0 Å². The van der Waals surface area contributed by atoms with Crippen LogP contribution in [0.5, 0.6) is 0 Å². The van der Waals surface area contributed by atoms with Gasteiger partial charge in [0.25, 0.3) is 5.91 Å². The van der Waals surface area contributed by atoms with Gasteiger partial charge in [-0.15, -0.1) is 0 Å². The maximum Gasteiger partial charge on any atom is 0.253 e. The van der Waals surface area contributed by atoms with E-state index in [1.807, 2.05) is 29.2 Å². The molecule has 0 atom stereocenters. The van der Waals surface area contributed by atoms with Crippen LogP contribution in [0.25, 0.3) is 11.4 Å². The molecule has 32 heavy (non-hydrogen) atoms. The SMILES string of the molecule is CC(C)(C)c1ccc(C(=O)N2CCN(c3ccc(-c4noc(C5CC5)n4)cn3)CC2)cc1. The van der Waals surface area contributed by atoms with Crippen molar-refractivity contribution in [3.8, 4) is 11.4 Å². The normalized spacial score (nSPS) is 17.0. The number of amides is 1. The van der Waals surface area contributed by atoms with Crippen molar-refractivity contribution in [2.45, 2.75) is 44.9 Å². The fourth-order valence-corrected chi connectivity index (χ4v) is 3.99. The molecule has 0 bridgehead atoms. The lowest BCUT2D eigenvalue weighted by Gasteiger charge is -2.35. The summed E-state index contributed by atoms with van der Waals surface area (Å²) >= 11 is 0. The zero-order chi connectivity index (χ0) is 22.3. The van der Waals surface area contributed by atoms with Crippen molar-refractivity contribution in [2.24, 2.45) is 0 Å². The second-order valence-corrected chi connectivity index (χ2v) is 9.74. The zero-order valence-electron chi connectivity index (χ0n) is 18.9. The van der Waals surface area contributed by atoms with Crippen LogP contribution in [-0.2, 0) is 5.41 Å². The molecule has 7 heteroatoms. The van der Waals surface area contributed by atoms with Gasteiger partial charge in [0.2, 0.25) is 11.7 Å². The van der Waals surface area contributed by atoms with Gasteiger partial charge in [0, 0.05) is 49.4 Å². The predicted octanol–water partition coefficient (Wildman–Crippen LogP) is 4.27. The van der Waals surface area contributed by atoms with Gasteiger partial charge >= 0.3 is 0 Å². The number of anilines is 1. The van der Waals surface area contributed by atoms with Crippen molar-refractivity contribution in [2.75, 3.05) is 31.1 Å². The van der Waals surface area contributed by atoms with E-state index in [0.717, 1.165) is 48.8 Å². The van der Waals surface area contributed by atoms with Gasteiger partial charge in [-0.2, -0.15) is 4.98 Å². The van der Waals surface area contributed by atoms with Crippen molar-refractivity contribution in [1.29, 1.82) is 0 Å². The smallest absolute Gasteiger partial charge is 0.253 e. The number of hydrogen-bond donors (Lipinski definition) is 0. The highest BCUT2D eigenvalue weighted by molar-refractivity contribution is 5.94. The summed E-state index contributed by atoms with van der Waals surface area (Å²) in [5.74, 6) is 2.77. The topological polar surface area (TPSA) is 75.4 Å². The maximum atomic E-state index is 12.9. The average molecular weight is 432 g/mol. The van der Waals surface area contributed by atoms with Crippen LogP contribution < -0.4 is 4.90 Å². The van der Waals surface area contributed by atoms with E-state index in [-0.39, 0.29) is 11.3 Å². The van der Waals surface area contributed by atoms with E-state index in [9.17, 15) is 4.79 Å². The Labute approximate surface area is 188 Å². The molecule has 0 N–H and O–H groups in total. The van der Waals surface area contributed by atoms with Crippen LogP contribution in [0.2, 0.25) is 0 Å². The van der Waals surface area contributed by atoms with Crippen molar-refractivity contribution in [1.82, 2.24) is 20.0 Å². The molecule has 1 aliphatic carbocycles. The Morgan fingerprint density at radius 2 is 1.72 bits per heavy atom. The fraction of sp³-hybridized carbons (Fsp3) is 0.440. The third kappa shape index (κ3) is 4.24. The predicted molar refractivity (Wildman–Crippen MR) is 123 cm³/mol. The van der Waals surface area contributed by atoms with Crippen molar-refractivity contribution >= 4 is 11.7 Å². The summed E-state index contributed by atoms with van der Waals surface area (Å²) in [5.41, 5.74) is 2.92. The number of carbonyl (C=O) groups excluding carboxylic acids is 1. The largest absolute Gasteiger partial charge is 0.353 e. The van der Waals surface area contributed by atoms with E-state index in [2.05, 4.69) is 52.9 Å². The number of piperazine rings is 1. The maximum absolute atomic E-state index is 12.9. The van der Waals surface area contributed by atoms with E-state index in [1.165, 1.54) is 5.56 Å². The Kier molecular flexibility index (Phi) is 5.19. The number of carbonyl (C=O) groups is 1. The minimum atomic E-state index is 0.0823. The summed E-state index contributed by atoms with van der Waals surface area (Å²) in [7, 11) is 0. The monoisotopic (exact) mass is 431 g/mol. The fourth-order valence-electron chi connectivity index (χ4n) is 3.99. The molecule has 3 heterocycles. The highest BCUT2D eigenvalue weighted by Crippen LogP contribution is 2.39. The molecule has 1 saturated heterocycles. The molecule has 2 fully saturated rings. The molecule has 2 aromatic heterocycles. The number of benzene rings is 1. The lowest BCUT2D eigenvalue weighted by atomic mass is 9.86. The first-order valence-corrected chi connectivity index (χ1v) is 11.3. The minimum absolute atomic E-state index is 0.0823. The molecule has 166 valence electrons. The second-order valence-electron chi connectivity index (χ2n) is 9.74. The summed E-state index contributed by atoms with van der Waals surface area (Å²) in [6.07, 6.45) is 4.07. The van der Waals surface area contributed by atoms with Crippen molar-refractivity contribution < 1.29 is 9.32 Å². The average Bonchev–Trinajstić information content (AvgIpc) is 3.55. The van der Waals surface area contributed by atoms with Crippen LogP contribution in [0.15, 0.2) is 47.1 Å². The van der Waals surface area contributed by atoms with Crippen LogP contribution in [0, 0.1) is 0 Å². The molecule has 1 aromatic carbocycles. The van der Waals surface area contributed by atoms with Gasteiger partial charge < -0.3 is 14.3 Å². The summed E-state index contributed by atoms with van der Waals surface area (Å²) in [4.78, 5) is 26.2. The molecule has 0 spiro atoms. The van der Waals surface area contributed by atoms with Gasteiger partial charge in [0.05, 0.1) is 0 Å². The van der Waals surface area contributed by atoms with E-state index in [0.29, 0.717) is 24.8 Å². The number of nitrogens with zero attached hydrogens (tertiary/aromatic N) is 5. The van der Waals surface area contributed by atoms with Gasteiger partial charge in [-0.1, -0.05) is 38.1 Å². The van der Waals surface area contributed by atoms with Gasteiger partial charge in [-0.3, -0.25) is 4.79 Å². The molecule has 2 aliphatic rings. The first-order valence-electron chi connectivity index (χ1n) is 11.3. The highest BCUT2D eigenvalue weighted by atomic mass is 16.5. The van der Waals surface area contributed by atoms with E-state index in [4.69, 9.17) is 4.52 Å². The lowest BCUT2D eigenvalue weighted by molar-refractivity contribution is 0.0746. The Morgan fingerprint density at radius 3 is 2.31 bits per heavy atom. The van der Waals surface area contributed by atoms with Crippen molar-refractivity contribution in [3.05, 3.63) is 59.6 Å². The molecule has 1 amide bonds. The minimum Gasteiger partial charge on any atom is -0.353 e. The van der Waals surface area contributed by atoms with Crippen LogP contribution in [0.3, 0.4) is 0 Å². The zero-order valence-corrected chi connectivity index (χ0v) is 18.9. The van der Waals surface area contributed by atoms with Crippen LogP contribution in [-0.4, -0.2) is 52.1 Å². The Hall–Kier alpha value is -3.22. The molecule has 3 aromatic rings. The quantitative estimate of drug-likeness (QED) is 0.614. The summed E-state index contributed by atoms with van der Waals surface area (Å²) in [6.45, 7) is 9.40. The molecule has 0 radical (unpaired) electrons. The lowest BCUT2D eigenvalue weighted by Crippen LogP contribution is -2.49. The number of rotatable bonds is 4. The standard InChI is InChI=1S/C25H29N5O2/c1-25(2,3)20-9-6-18(7-10-20)24(31)30-14-12-29(13-15-30)21-11-8-19(16-26-21)22-27-23(32-28-22)17-4-5-17/h6-11,16-17H,4-5,12-15H2,1-3H3. The van der Waals surface area contributed by atoms with Crippen LogP contribution in [0.4, 0.5) is 5.82 Å². The summed E-state index contributed by atoms with van der Waals surface area (Å²) < 4.78 is 5.35. The summed E-state index contributed by atoms with van der Waals surface area (Å²) in [6, 6.07) is 12.0. The Bertz CT molecular complexity index is 1090. The first kappa shape index (κ1) is 20.7. The molecular formula is C25H29N5O2. The number of hydrogen-bond acceptors (Lipinski definition) is 6. The molecule has 1 aliphatic heterocycles. The number of aromatic nitrogens is 3. The van der Waals surface area contributed by atoms with E-state index < -0.39 is 0 Å². The molecule has 5 rings (SSSR count). The molecule has 7 nitrogen and oxygen atoms in total. The second kappa shape index (κ2) is 8.04. The van der Waals surface area contributed by atoms with Crippen LogP contribution in [0.1, 0.15) is 61.3 Å². The number of pyridine rings is 1. The van der Waals surface area contributed by atoms with Crippen molar-refractivity contribution in [3.63, 3.8) is 0 Å². The van der Waals surface area contributed by atoms with E-state index in [1.54, 1.807) is 6.20 Å². The highest BCUT2D eigenvalue weighted by Gasteiger charge is 2.30. The Balaban J connectivity index is 1.19.